The molecule has 4 nitrogen and oxygen atoms in total. The zero-order chi connectivity index (χ0) is 8.69. The van der Waals surface area contributed by atoms with Crippen molar-refractivity contribution in [3.8, 4) is 6.07 Å². The summed E-state index contributed by atoms with van der Waals surface area (Å²) < 4.78 is 4.73. The molecular weight excluding hydrogens is 146 g/mol. The maximum atomic E-state index is 10.2. The SMILES string of the molecule is CCCCOC(C#N)C(=O)O. The van der Waals surface area contributed by atoms with Gasteiger partial charge in [-0.3, -0.25) is 0 Å². The number of ether oxygens (including phenoxy) is 1. The largest absolute Gasteiger partial charge is 0.479 e. The topological polar surface area (TPSA) is 70.3 Å². The summed E-state index contributed by atoms with van der Waals surface area (Å²) >= 11 is 0. The summed E-state index contributed by atoms with van der Waals surface area (Å²) in [6.45, 7) is 2.30. The van der Waals surface area contributed by atoms with Gasteiger partial charge in [-0.1, -0.05) is 13.3 Å². The number of hydrogen-bond donors (Lipinski definition) is 1. The summed E-state index contributed by atoms with van der Waals surface area (Å²) in [7, 11) is 0. The third-order valence-electron chi connectivity index (χ3n) is 1.12. The molecule has 0 amide bonds. The van der Waals surface area contributed by atoms with Crippen LogP contribution in [0.3, 0.4) is 0 Å². The van der Waals surface area contributed by atoms with Crippen molar-refractivity contribution in [3.63, 3.8) is 0 Å². The van der Waals surface area contributed by atoms with Gasteiger partial charge in [0.2, 0.25) is 6.10 Å². The molecule has 0 saturated heterocycles. The van der Waals surface area contributed by atoms with E-state index in [4.69, 9.17) is 15.1 Å². The van der Waals surface area contributed by atoms with Crippen LogP contribution in [0.1, 0.15) is 19.8 Å². The van der Waals surface area contributed by atoms with Gasteiger partial charge in [-0.05, 0) is 6.42 Å². The highest BCUT2D eigenvalue weighted by Gasteiger charge is 2.15. The summed E-state index contributed by atoms with van der Waals surface area (Å²) in [5, 5.41) is 16.6. The Morgan fingerprint density at radius 1 is 1.82 bits per heavy atom. The fourth-order valence-electron chi connectivity index (χ4n) is 0.509. The van der Waals surface area contributed by atoms with Gasteiger partial charge in [-0.2, -0.15) is 5.26 Å². The number of carboxylic acid groups (broad SMARTS) is 1. The Hall–Kier alpha value is -1.08. The van der Waals surface area contributed by atoms with Crippen LogP contribution in [0.5, 0.6) is 0 Å². The minimum atomic E-state index is -1.30. The van der Waals surface area contributed by atoms with Crippen molar-refractivity contribution >= 4 is 5.97 Å². The lowest BCUT2D eigenvalue weighted by Gasteiger charge is -2.03. The Balaban J connectivity index is 3.55. The van der Waals surface area contributed by atoms with Crippen molar-refractivity contribution in [1.82, 2.24) is 0 Å². The second-order valence-electron chi connectivity index (χ2n) is 2.07. The molecule has 0 aromatic heterocycles. The zero-order valence-corrected chi connectivity index (χ0v) is 6.41. The molecule has 0 fully saturated rings. The van der Waals surface area contributed by atoms with Crippen LogP contribution in [0.2, 0.25) is 0 Å². The Labute approximate surface area is 65.4 Å². The fraction of sp³-hybridized carbons (Fsp3) is 0.714. The predicted octanol–water partition coefficient (Wildman–Crippen LogP) is 0.780. The molecule has 0 aliphatic rings. The Kier molecular flexibility index (Phi) is 5.13. The smallest absolute Gasteiger partial charge is 0.347 e. The second kappa shape index (κ2) is 5.69. The standard InChI is InChI=1S/C7H11NO3/c1-2-3-4-11-6(5-8)7(9)10/h6H,2-4H2,1H3,(H,9,10). The highest BCUT2D eigenvalue weighted by molar-refractivity contribution is 5.75. The summed E-state index contributed by atoms with van der Waals surface area (Å²) in [4.78, 5) is 10.2. The summed E-state index contributed by atoms with van der Waals surface area (Å²) in [5.41, 5.74) is 0. The molecule has 62 valence electrons. The molecule has 11 heavy (non-hydrogen) atoms. The lowest BCUT2D eigenvalue weighted by Crippen LogP contribution is -2.22. The summed E-state index contributed by atoms with van der Waals surface area (Å²) in [6.07, 6.45) is 0.407. The number of nitriles is 1. The lowest BCUT2D eigenvalue weighted by atomic mass is 10.3. The molecule has 1 unspecified atom stereocenters. The molecule has 0 radical (unpaired) electrons. The van der Waals surface area contributed by atoms with Gasteiger partial charge in [0.1, 0.15) is 6.07 Å². The molecule has 4 heteroatoms. The van der Waals surface area contributed by atoms with Crippen LogP contribution in [0.25, 0.3) is 0 Å². The van der Waals surface area contributed by atoms with Crippen LogP contribution >= 0.6 is 0 Å². The molecule has 0 bridgehead atoms. The molecule has 1 N–H and O–H groups in total. The number of unbranched alkanes of at least 4 members (excludes halogenated alkanes) is 1. The first-order valence-electron chi connectivity index (χ1n) is 3.46. The first kappa shape index (κ1) is 9.92. The van der Waals surface area contributed by atoms with Crippen LogP contribution in [0.4, 0.5) is 0 Å². The fourth-order valence-corrected chi connectivity index (χ4v) is 0.509. The second-order valence-corrected chi connectivity index (χ2v) is 2.07. The van der Waals surface area contributed by atoms with E-state index in [0.717, 1.165) is 12.8 Å². The Morgan fingerprint density at radius 2 is 2.45 bits per heavy atom. The van der Waals surface area contributed by atoms with Gasteiger partial charge in [0.15, 0.2) is 0 Å². The molecule has 0 spiro atoms. The quantitative estimate of drug-likeness (QED) is 0.598. The maximum absolute atomic E-state index is 10.2. The molecule has 0 heterocycles. The van der Waals surface area contributed by atoms with E-state index in [-0.39, 0.29) is 0 Å². The highest BCUT2D eigenvalue weighted by Crippen LogP contribution is 1.94. The Bertz CT molecular complexity index is 162. The van der Waals surface area contributed by atoms with Crippen molar-refractivity contribution in [2.45, 2.75) is 25.9 Å². The Morgan fingerprint density at radius 3 is 2.82 bits per heavy atom. The predicted molar refractivity (Wildman–Crippen MR) is 37.9 cm³/mol. The monoisotopic (exact) mass is 157 g/mol. The van der Waals surface area contributed by atoms with Gasteiger partial charge in [-0.15, -0.1) is 0 Å². The average Bonchev–Trinajstić information content (AvgIpc) is 1.97. The van der Waals surface area contributed by atoms with Gasteiger partial charge in [0, 0.05) is 6.61 Å². The highest BCUT2D eigenvalue weighted by atomic mass is 16.5. The van der Waals surface area contributed by atoms with E-state index in [1.807, 2.05) is 6.92 Å². The maximum Gasteiger partial charge on any atom is 0.347 e. The number of rotatable bonds is 5. The van der Waals surface area contributed by atoms with E-state index < -0.39 is 12.1 Å². The van der Waals surface area contributed by atoms with Gasteiger partial charge in [0.05, 0.1) is 0 Å². The van der Waals surface area contributed by atoms with Gasteiger partial charge in [0.25, 0.3) is 0 Å². The van der Waals surface area contributed by atoms with Crippen LogP contribution in [0, 0.1) is 11.3 Å². The van der Waals surface area contributed by atoms with E-state index in [1.54, 1.807) is 0 Å². The molecule has 1 atom stereocenters. The molecule has 0 aromatic carbocycles. The molecular formula is C7H11NO3. The van der Waals surface area contributed by atoms with Crippen LogP contribution in [0.15, 0.2) is 0 Å². The van der Waals surface area contributed by atoms with E-state index >= 15 is 0 Å². The van der Waals surface area contributed by atoms with Crippen LogP contribution in [-0.2, 0) is 9.53 Å². The zero-order valence-electron chi connectivity index (χ0n) is 6.41. The summed E-state index contributed by atoms with van der Waals surface area (Å²) in [6, 6.07) is 1.54. The third-order valence-corrected chi connectivity index (χ3v) is 1.12. The number of hydrogen-bond acceptors (Lipinski definition) is 3. The normalized spacial score (nSPS) is 12.0. The number of aliphatic carboxylic acids is 1. The molecule has 0 saturated carbocycles. The van der Waals surface area contributed by atoms with Crippen molar-refractivity contribution in [3.05, 3.63) is 0 Å². The molecule has 0 rings (SSSR count). The van der Waals surface area contributed by atoms with Gasteiger partial charge >= 0.3 is 5.97 Å². The number of carboxylic acids is 1. The van der Waals surface area contributed by atoms with Crippen molar-refractivity contribution in [2.75, 3.05) is 6.61 Å². The first-order chi connectivity index (χ1) is 5.22. The summed E-state index contributed by atoms with van der Waals surface area (Å²) in [5.74, 6) is -1.22. The van der Waals surface area contributed by atoms with E-state index in [0.29, 0.717) is 6.61 Å². The van der Waals surface area contributed by atoms with Crippen molar-refractivity contribution in [1.29, 1.82) is 5.26 Å². The van der Waals surface area contributed by atoms with E-state index in [9.17, 15) is 4.79 Å². The van der Waals surface area contributed by atoms with Gasteiger partial charge < -0.3 is 9.84 Å². The van der Waals surface area contributed by atoms with E-state index in [2.05, 4.69) is 0 Å². The van der Waals surface area contributed by atoms with Crippen molar-refractivity contribution < 1.29 is 14.6 Å². The van der Waals surface area contributed by atoms with Crippen molar-refractivity contribution in [2.24, 2.45) is 0 Å². The minimum Gasteiger partial charge on any atom is -0.479 e. The third kappa shape index (κ3) is 4.34. The van der Waals surface area contributed by atoms with Crippen LogP contribution < -0.4 is 0 Å². The molecule has 0 aliphatic heterocycles. The lowest BCUT2D eigenvalue weighted by molar-refractivity contribution is -0.146. The average molecular weight is 157 g/mol. The van der Waals surface area contributed by atoms with Crippen LogP contribution in [-0.4, -0.2) is 23.8 Å². The minimum absolute atomic E-state index is 0.334. The molecule has 0 aliphatic carbocycles. The van der Waals surface area contributed by atoms with Gasteiger partial charge in [-0.25, -0.2) is 4.79 Å². The number of nitrogens with zero attached hydrogens (tertiary/aromatic N) is 1. The number of carbonyl (C=O) groups is 1. The molecule has 0 aromatic rings. The first-order valence-corrected chi connectivity index (χ1v) is 3.46. The van der Waals surface area contributed by atoms with E-state index in [1.165, 1.54) is 6.07 Å².